The Bertz CT molecular complexity index is 589. The molecule has 1 unspecified atom stereocenters. The number of aromatic nitrogens is 1. The van der Waals surface area contributed by atoms with E-state index in [9.17, 15) is 0 Å². The Morgan fingerprint density at radius 2 is 2.14 bits per heavy atom. The van der Waals surface area contributed by atoms with Crippen LogP contribution in [0.2, 0.25) is 0 Å². The van der Waals surface area contributed by atoms with E-state index in [-0.39, 0.29) is 6.04 Å². The van der Waals surface area contributed by atoms with Gasteiger partial charge in [0.15, 0.2) is 0 Å². The second kappa shape index (κ2) is 7.82. The van der Waals surface area contributed by atoms with Crippen molar-refractivity contribution in [2.75, 3.05) is 13.7 Å². The van der Waals surface area contributed by atoms with Gasteiger partial charge in [0.2, 0.25) is 0 Å². The van der Waals surface area contributed by atoms with Gasteiger partial charge in [-0.2, -0.15) is 0 Å². The van der Waals surface area contributed by atoms with Crippen LogP contribution in [-0.4, -0.2) is 18.6 Å². The van der Waals surface area contributed by atoms with Crippen molar-refractivity contribution < 1.29 is 4.74 Å². The van der Waals surface area contributed by atoms with Gasteiger partial charge in [0.05, 0.1) is 7.11 Å². The molecule has 2 rings (SSSR count). The molecule has 1 aromatic heterocycles. The lowest BCUT2D eigenvalue weighted by atomic mass is 10.1. The molecule has 1 N–H and O–H groups in total. The summed E-state index contributed by atoms with van der Waals surface area (Å²) in [6.45, 7) is 5.18. The monoisotopic (exact) mass is 366 g/mol. The third kappa shape index (κ3) is 4.22. The Balaban J connectivity index is 2.35. The Labute approximate surface area is 138 Å². The molecule has 1 aromatic carbocycles. The van der Waals surface area contributed by atoms with Crippen molar-refractivity contribution in [2.24, 2.45) is 0 Å². The number of pyridine rings is 1. The molecule has 3 nitrogen and oxygen atoms in total. The normalized spacial score (nSPS) is 12.2. The number of ether oxygens (including phenoxy) is 1. The van der Waals surface area contributed by atoms with Crippen LogP contribution in [0.15, 0.2) is 50.9 Å². The van der Waals surface area contributed by atoms with Crippen molar-refractivity contribution in [1.82, 2.24) is 10.3 Å². The Hall–Kier alpha value is -1.04. The Kier molecular flexibility index (Phi) is 6.08. The van der Waals surface area contributed by atoms with Gasteiger partial charge in [-0.15, -0.1) is 0 Å². The molecule has 0 aliphatic carbocycles. The van der Waals surface area contributed by atoms with Crippen LogP contribution in [0.1, 0.15) is 25.5 Å². The molecule has 0 aliphatic rings. The average molecular weight is 367 g/mol. The van der Waals surface area contributed by atoms with Crippen molar-refractivity contribution in [2.45, 2.75) is 29.8 Å². The van der Waals surface area contributed by atoms with E-state index in [0.29, 0.717) is 0 Å². The highest BCUT2D eigenvalue weighted by Gasteiger charge is 2.16. The molecule has 5 heteroatoms. The van der Waals surface area contributed by atoms with Gasteiger partial charge in [0.1, 0.15) is 10.8 Å². The highest BCUT2D eigenvalue weighted by atomic mass is 79.9. The SMILES string of the molecule is CCNC(C)c1c(OC)cccc1Sc1ccc(Br)cn1. The number of methoxy groups -OCH3 is 1. The number of benzene rings is 1. The minimum atomic E-state index is 0.226. The molecule has 0 radical (unpaired) electrons. The van der Waals surface area contributed by atoms with Gasteiger partial charge in [-0.3, -0.25) is 0 Å². The maximum absolute atomic E-state index is 5.53. The maximum atomic E-state index is 5.53. The van der Waals surface area contributed by atoms with E-state index in [2.05, 4.69) is 46.1 Å². The zero-order valence-corrected chi connectivity index (χ0v) is 14.8. The third-order valence-corrected chi connectivity index (χ3v) is 4.60. The van der Waals surface area contributed by atoms with Gasteiger partial charge in [-0.05, 0) is 53.7 Å². The first-order valence-electron chi connectivity index (χ1n) is 6.85. The van der Waals surface area contributed by atoms with Crippen LogP contribution in [0.4, 0.5) is 0 Å². The summed E-state index contributed by atoms with van der Waals surface area (Å²) >= 11 is 5.06. The number of halogens is 1. The fourth-order valence-electron chi connectivity index (χ4n) is 2.16. The van der Waals surface area contributed by atoms with Crippen molar-refractivity contribution in [1.29, 1.82) is 0 Å². The number of nitrogens with zero attached hydrogens (tertiary/aromatic N) is 1. The molecule has 0 spiro atoms. The molecule has 21 heavy (non-hydrogen) atoms. The van der Waals surface area contributed by atoms with E-state index in [4.69, 9.17) is 4.74 Å². The fraction of sp³-hybridized carbons (Fsp3) is 0.312. The third-order valence-electron chi connectivity index (χ3n) is 3.10. The molecule has 0 aliphatic heterocycles. The second-order valence-electron chi connectivity index (χ2n) is 4.57. The predicted octanol–water partition coefficient (Wildman–Crippen LogP) is 4.67. The van der Waals surface area contributed by atoms with Gasteiger partial charge in [0.25, 0.3) is 0 Å². The van der Waals surface area contributed by atoms with Gasteiger partial charge < -0.3 is 10.1 Å². The van der Waals surface area contributed by atoms with Crippen molar-refractivity contribution >= 4 is 27.7 Å². The minimum Gasteiger partial charge on any atom is -0.496 e. The predicted molar refractivity (Wildman–Crippen MR) is 91.1 cm³/mol. The maximum Gasteiger partial charge on any atom is 0.124 e. The molecule has 2 aromatic rings. The molecule has 1 atom stereocenters. The molecule has 0 fully saturated rings. The zero-order chi connectivity index (χ0) is 15.2. The van der Waals surface area contributed by atoms with Gasteiger partial charge in [-0.25, -0.2) is 4.98 Å². The van der Waals surface area contributed by atoms with E-state index in [1.165, 1.54) is 5.56 Å². The van der Waals surface area contributed by atoms with E-state index in [1.54, 1.807) is 18.9 Å². The first kappa shape index (κ1) is 16.3. The van der Waals surface area contributed by atoms with Crippen LogP contribution < -0.4 is 10.1 Å². The lowest BCUT2D eigenvalue weighted by Gasteiger charge is -2.19. The van der Waals surface area contributed by atoms with Gasteiger partial charge in [0, 0.05) is 27.2 Å². The van der Waals surface area contributed by atoms with Crippen molar-refractivity contribution in [3.05, 3.63) is 46.6 Å². The van der Waals surface area contributed by atoms with Crippen molar-refractivity contribution in [3.8, 4) is 5.75 Å². The molecule has 0 bridgehead atoms. The fourth-order valence-corrected chi connectivity index (χ4v) is 3.40. The highest BCUT2D eigenvalue weighted by Crippen LogP contribution is 2.37. The lowest BCUT2D eigenvalue weighted by molar-refractivity contribution is 0.400. The van der Waals surface area contributed by atoms with Crippen LogP contribution in [0.5, 0.6) is 5.75 Å². The van der Waals surface area contributed by atoms with Crippen LogP contribution in [0, 0.1) is 0 Å². The first-order chi connectivity index (χ1) is 10.2. The summed E-state index contributed by atoms with van der Waals surface area (Å²) in [6.07, 6.45) is 1.82. The summed E-state index contributed by atoms with van der Waals surface area (Å²) in [7, 11) is 1.71. The highest BCUT2D eigenvalue weighted by molar-refractivity contribution is 9.10. The summed E-state index contributed by atoms with van der Waals surface area (Å²) in [4.78, 5) is 5.59. The Morgan fingerprint density at radius 1 is 1.33 bits per heavy atom. The van der Waals surface area contributed by atoms with E-state index in [1.807, 2.05) is 30.5 Å². The van der Waals surface area contributed by atoms with E-state index < -0.39 is 0 Å². The summed E-state index contributed by atoms with van der Waals surface area (Å²) in [5, 5.41) is 4.42. The van der Waals surface area contributed by atoms with Gasteiger partial charge in [-0.1, -0.05) is 24.8 Å². The van der Waals surface area contributed by atoms with Crippen molar-refractivity contribution in [3.63, 3.8) is 0 Å². The molecule has 0 saturated heterocycles. The van der Waals surface area contributed by atoms with Crippen LogP contribution in [-0.2, 0) is 0 Å². The number of hydrogen-bond donors (Lipinski definition) is 1. The smallest absolute Gasteiger partial charge is 0.124 e. The largest absolute Gasteiger partial charge is 0.496 e. The summed E-state index contributed by atoms with van der Waals surface area (Å²) in [5.74, 6) is 0.908. The quantitative estimate of drug-likeness (QED) is 0.804. The topological polar surface area (TPSA) is 34.1 Å². The lowest BCUT2D eigenvalue weighted by Crippen LogP contribution is -2.19. The van der Waals surface area contributed by atoms with Crippen LogP contribution >= 0.6 is 27.7 Å². The standard InChI is InChI=1S/C16H19BrN2OS/c1-4-18-11(2)16-13(20-3)6-5-7-14(16)21-15-9-8-12(17)10-19-15/h5-11,18H,4H2,1-3H3. The summed E-state index contributed by atoms with van der Waals surface area (Å²) < 4.78 is 6.51. The number of rotatable bonds is 6. The van der Waals surface area contributed by atoms with Gasteiger partial charge >= 0.3 is 0 Å². The number of nitrogens with one attached hydrogen (secondary N) is 1. The molecular formula is C16H19BrN2OS. The molecular weight excluding hydrogens is 348 g/mol. The molecule has 112 valence electrons. The molecule has 1 heterocycles. The van der Waals surface area contributed by atoms with Crippen LogP contribution in [0.3, 0.4) is 0 Å². The van der Waals surface area contributed by atoms with E-state index in [0.717, 1.165) is 26.7 Å². The number of hydrogen-bond acceptors (Lipinski definition) is 4. The zero-order valence-electron chi connectivity index (χ0n) is 12.4. The molecule has 0 amide bonds. The van der Waals surface area contributed by atoms with E-state index >= 15 is 0 Å². The minimum absolute atomic E-state index is 0.226. The summed E-state index contributed by atoms with van der Waals surface area (Å²) in [6, 6.07) is 10.4. The molecule has 0 saturated carbocycles. The second-order valence-corrected chi connectivity index (χ2v) is 6.55. The Morgan fingerprint density at radius 3 is 2.76 bits per heavy atom. The average Bonchev–Trinajstić information content (AvgIpc) is 2.49. The summed E-state index contributed by atoms with van der Waals surface area (Å²) in [5.41, 5.74) is 1.18. The first-order valence-corrected chi connectivity index (χ1v) is 8.46. The van der Waals surface area contributed by atoms with Crippen LogP contribution in [0.25, 0.3) is 0 Å².